The highest BCUT2D eigenvalue weighted by Crippen LogP contribution is 2.16. The molecular weight excluding hydrogens is 229 g/mol. The van der Waals surface area contributed by atoms with Crippen molar-refractivity contribution in [2.75, 3.05) is 6.54 Å². The summed E-state index contributed by atoms with van der Waals surface area (Å²) in [5.74, 6) is 0. The molecule has 0 aliphatic heterocycles. The highest BCUT2D eigenvalue weighted by Gasteiger charge is 2.01. The first-order valence-electron chi connectivity index (χ1n) is 5.23. The highest BCUT2D eigenvalue weighted by molar-refractivity contribution is 6.31. The van der Waals surface area contributed by atoms with E-state index in [1.165, 1.54) is 5.56 Å². The minimum Gasteiger partial charge on any atom is -0.311 e. The molecule has 0 saturated heterocycles. The molecule has 0 radical (unpaired) electrons. The van der Waals surface area contributed by atoms with Gasteiger partial charge in [-0.25, -0.2) is 0 Å². The summed E-state index contributed by atoms with van der Waals surface area (Å²) in [7, 11) is 0. The first-order chi connectivity index (χ1) is 7.13. The van der Waals surface area contributed by atoms with E-state index in [4.69, 9.17) is 23.2 Å². The lowest BCUT2D eigenvalue weighted by Gasteiger charge is -2.09. The van der Waals surface area contributed by atoms with Gasteiger partial charge in [0.1, 0.15) is 0 Å². The summed E-state index contributed by atoms with van der Waals surface area (Å²) in [6, 6.07) is 6.08. The minimum atomic E-state index is 0.221. The summed E-state index contributed by atoms with van der Waals surface area (Å²) >= 11 is 12.0. The SMILES string of the molecule is CCC(Cl)CNCc1ccc(Cl)c(C)c1. The first-order valence-corrected chi connectivity index (χ1v) is 6.04. The number of benzene rings is 1. The Morgan fingerprint density at radius 2 is 2.13 bits per heavy atom. The molecule has 84 valence electrons. The van der Waals surface area contributed by atoms with Gasteiger partial charge in [-0.2, -0.15) is 0 Å². The Kier molecular flexibility index (Phi) is 5.44. The van der Waals surface area contributed by atoms with Crippen LogP contribution in [0.5, 0.6) is 0 Å². The van der Waals surface area contributed by atoms with E-state index in [0.717, 1.165) is 30.1 Å². The molecule has 0 aromatic heterocycles. The van der Waals surface area contributed by atoms with Crippen LogP contribution in [0.2, 0.25) is 5.02 Å². The molecule has 0 saturated carbocycles. The second-order valence-corrected chi connectivity index (χ2v) is 4.74. The smallest absolute Gasteiger partial charge is 0.0458 e. The quantitative estimate of drug-likeness (QED) is 0.780. The number of nitrogens with one attached hydrogen (secondary N) is 1. The maximum atomic E-state index is 6.00. The summed E-state index contributed by atoms with van der Waals surface area (Å²) < 4.78 is 0. The highest BCUT2D eigenvalue weighted by atomic mass is 35.5. The number of aryl methyl sites for hydroxylation is 1. The number of hydrogen-bond acceptors (Lipinski definition) is 1. The van der Waals surface area contributed by atoms with E-state index in [-0.39, 0.29) is 5.38 Å². The molecule has 1 aromatic rings. The Morgan fingerprint density at radius 1 is 1.40 bits per heavy atom. The number of hydrogen-bond donors (Lipinski definition) is 1. The molecule has 0 bridgehead atoms. The Hall–Kier alpha value is -0.240. The number of alkyl halides is 1. The maximum Gasteiger partial charge on any atom is 0.0458 e. The van der Waals surface area contributed by atoms with E-state index in [0.29, 0.717) is 0 Å². The fraction of sp³-hybridized carbons (Fsp3) is 0.500. The van der Waals surface area contributed by atoms with E-state index in [2.05, 4.69) is 18.3 Å². The summed E-state index contributed by atoms with van der Waals surface area (Å²) in [6.07, 6.45) is 0.994. The lowest BCUT2D eigenvalue weighted by Crippen LogP contribution is -2.22. The van der Waals surface area contributed by atoms with Gasteiger partial charge in [0.25, 0.3) is 0 Å². The van der Waals surface area contributed by atoms with Gasteiger partial charge < -0.3 is 5.32 Å². The van der Waals surface area contributed by atoms with Crippen molar-refractivity contribution in [2.45, 2.75) is 32.2 Å². The minimum absolute atomic E-state index is 0.221. The molecule has 0 fully saturated rings. The van der Waals surface area contributed by atoms with Crippen molar-refractivity contribution in [3.05, 3.63) is 34.3 Å². The van der Waals surface area contributed by atoms with Crippen molar-refractivity contribution >= 4 is 23.2 Å². The van der Waals surface area contributed by atoms with Gasteiger partial charge in [0.2, 0.25) is 0 Å². The first kappa shape index (κ1) is 12.8. The van der Waals surface area contributed by atoms with E-state index in [1.807, 2.05) is 19.1 Å². The largest absolute Gasteiger partial charge is 0.311 e. The monoisotopic (exact) mass is 245 g/mol. The van der Waals surface area contributed by atoms with E-state index < -0.39 is 0 Å². The predicted octanol–water partition coefficient (Wildman–Crippen LogP) is 3.76. The molecule has 1 nitrogen and oxygen atoms in total. The van der Waals surface area contributed by atoms with Crippen molar-refractivity contribution < 1.29 is 0 Å². The van der Waals surface area contributed by atoms with E-state index in [9.17, 15) is 0 Å². The Bertz CT molecular complexity index is 312. The zero-order valence-corrected chi connectivity index (χ0v) is 10.7. The van der Waals surface area contributed by atoms with Crippen LogP contribution in [0.4, 0.5) is 0 Å². The van der Waals surface area contributed by atoms with Gasteiger partial charge in [-0.15, -0.1) is 11.6 Å². The molecule has 1 atom stereocenters. The molecule has 3 heteroatoms. The number of halogens is 2. The predicted molar refractivity (Wildman–Crippen MR) is 67.8 cm³/mol. The van der Waals surface area contributed by atoms with Crippen LogP contribution >= 0.6 is 23.2 Å². The Morgan fingerprint density at radius 3 is 2.73 bits per heavy atom. The van der Waals surface area contributed by atoms with Crippen molar-refractivity contribution in [2.24, 2.45) is 0 Å². The molecule has 1 unspecified atom stereocenters. The van der Waals surface area contributed by atoms with Gasteiger partial charge in [0, 0.05) is 23.5 Å². The Labute approximate surface area is 102 Å². The fourth-order valence-electron chi connectivity index (χ4n) is 1.33. The molecule has 0 amide bonds. The summed E-state index contributed by atoms with van der Waals surface area (Å²) in [6.45, 7) is 5.80. The molecule has 0 aliphatic carbocycles. The number of rotatable bonds is 5. The van der Waals surface area contributed by atoms with Crippen LogP contribution in [0.25, 0.3) is 0 Å². The van der Waals surface area contributed by atoms with Gasteiger partial charge in [-0.3, -0.25) is 0 Å². The lowest BCUT2D eigenvalue weighted by atomic mass is 10.1. The second kappa shape index (κ2) is 6.37. The third-order valence-corrected chi connectivity index (χ3v) is 3.25. The molecule has 0 heterocycles. The zero-order chi connectivity index (χ0) is 11.3. The third kappa shape index (κ3) is 4.42. The summed E-state index contributed by atoms with van der Waals surface area (Å²) in [5, 5.41) is 4.37. The molecule has 1 rings (SSSR count). The van der Waals surface area contributed by atoms with Crippen LogP contribution in [0.1, 0.15) is 24.5 Å². The Balaban J connectivity index is 2.41. The van der Waals surface area contributed by atoms with Crippen molar-refractivity contribution in [1.29, 1.82) is 0 Å². The van der Waals surface area contributed by atoms with Crippen LogP contribution in [-0.4, -0.2) is 11.9 Å². The zero-order valence-electron chi connectivity index (χ0n) is 9.19. The maximum absolute atomic E-state index is 6.00. The van der Waals surface area contributed by atoms with Gasteiger partial charge in [-0.1, -0.05) is 30.7 Å². The molecule has 0 spiro atoms. The van der Waals surface area contributed by atoms with Gasteiger partial charge in [0.15, 0.2) is 0 Å². The van der Waals surface area contributed by atoms with Gasteiger partial charge in [-0.05, 0) is 30.5 Å². The standard InChI is InChI=1S/C12H17Cl2N/c1-3-11(13)8-15-7-10-4-5-12(14)9(2)6-10/h4-6,11,15H,3,7-8H2,1-2H3. The lowest BCUT2D eigenvalue weighted by molar-refractivity contribution is 0.647. The molecule has 1 N–H and O–H groups in total. The second-order valence-electron chi connectivity index (χ2n) is 3.72. The van der Waals surface area contributed by atoms with Crippen LogP contribution in [0.3, 0.4) is 0 Å². The van der Waals surface area contributed by atoms with Crippen LogP contribution in [0, 0.1) is 6.92 Å². The van der Waals surface area contributed by atoms with Crippen LogP contribution in [0.15, 0.2) is 18.2 Å². The summed E-state index contributed by atoms with van der Waals surface area (Å²) in [4.78, 5) is 0. The average molecular weight is 246 g/mol. The van der Waals surface area contributed by atoms with E-state index in [1.54, 1.807) is 0 Å². The van der Waals surface area contributed by atoms with Gasteiger partial charge >= 0.3 is 0 Å². The van der Waals surface area contributed by atoms with Crippen molar-refractivity contribution in [3.63, 3.8) is 0 Å². The molecule has 1 aromatic carbocycles. The fourth-order valence-corrected chi connectivity index (χ4v) is 1.56. The topological polar surface area (TPSA) is 12.0 Å². The van der Waals surface area contributed by atoms with E-state index >= 15 is 0 Å². The third-order valence-electron chi connectivity index (χ3n) is 2.36. The van der Waals surface area contributed by atoms with Crippen LogP contribution in [-0.2, 0) is 6.54 Å². The summed E-state index contributed by atoms with van der Waals surface area (Å²) in [5.41, 5.74) is 2.37. The van der Waals surface area contributed by atoms with Gasteiger partial charge in [0.05, 0.1) is 0 Å². The normalized spacial score (nSPS) is 12.8. The van der Waals surface area contributed by atoms with Crippen LogP contribution < -0.4 is 5.32 Å². The average Bonchev–Trinajstić information content (AvgIpc) is 2.23. The molecule has 15 heavy (non-hydrogen) atoms. The van der Waals surface area contributed by atoms with Crippen molar-refractivity contribution in [3.8, 4) is 0 Å². The van der Waals surface area contributed by atoms with Crippen molar-refractivity contribution in [1.82, 2.24) is 5.32 Å². The molecule has 0 aliphatic rings. The molecular formula is C12H17Cl2N.